The largest absolute Gasteiger partial charge is 0.481 e. The molecule has 0 bridgehead atoms. The Bertz CT molecular complexity index is 333. The quantitative estimate of drug-likeness (QED) is 0.801. The van der Waals surface area contributed by atoms with E-state index in [2.05, 4.69) is 10.1 Å². The third-order valence-electron chi connectivity index (χ3n) is 2.41. The molecule has 1 rings (SSSR count). The van der Waals surface area contributed by atoms with Crippen LogP contribution in [0.2, 0.25) is 0 Å². The summed E-state index contributed by atoms with van der Waals surface area (Å²) >= 11 is 0. The minimum atomic E-state index is -0.768. The van der Waals surface area contributed by atoms with Crippen molar-refractivity contribution in [1.82, 2.24) is 14.8 Å². The minimum Gasteiger partial charge on any atom is -0.481 e. The molecule has 0 aromatic carbocycles. The van der Waals surface area contributed by atoms with Gasteiger partial charge in [0.05, 0.1) is 5.92 Å². The zero-order chi connectivity index (χ0) is 11.4. The van der Waals surface area contributed by atoms with Crippen molar-refractivity contribution in [2.24, 2.45) is 5.92 Å². The summed E-state index contributed by atoms with van der Waals surface area (Å²) in [4.78, 5) is 15.0. The predicted molar refractivity (Wildman–Crippen MR) is 55.5 cm³/mol. The zero-order valence-corrected chi connectivity index (χ0v) is 9.34. The van der Waals surface area contributed by atoms with Crippen LogP contribution >= 0.6 is 0 Å². The average molecular weight is 211 g/mol. The Labute approximate surface area is 89.1 Å². The van der Waals surface area contributed by atoms with Gasteiger partial charge in [0.1, 0.15) is 12.2 Å². The van der Waals surface area contributed by atoms with Crippen molar-refractivity contribution >= 4 is 5.97 Å². The standard InChI is InChI=1S/C10H17N3O2/c1-4-8(10(14)15)5-9-11-6-12-13(9)7(2)3/h6-8H,4-5H2,1-3H3,(H,14,15). The van der Waals surface area contributed by atoms with E-state index < -0.39 is 5.97 Å². The number of aromatic nitrogens is 3. The normalized spacial score (nSPS) is 13.1. The molecule has 1 heterocycles. The molecule has 1 aromatic heterocycles. The van der Waals surface area contributed by atoms with Gasteiger partial charge in [-0.3, -0.25) is 4.79 Å². The van der Waals surface area contributed by atoms with Gasteiger partial charge < -0.3 is 5.11 Å². The molecular formula is C10H17N3O2. The summed E-state index contributed by atoms with van der Waals surface area (Å²) in [5.41, 5.74) is 0. The van der Waals surface area contributed by atoms with Crippen LogP contribution in [0.4, 0.5) is 0 Å². The van der Waals surface area contributed by atoms with E-state index in [0.717, 1.165) is 5.82 Å². The average Bonchev–Trinajstić information content (AvgIpc) is 2.61. The van der Waals surface area contributed by atoms with E-state index >= 15 is 0 Å². The molecule has 0 amide bonds. The molecule has 0 radical (unpaired) electrons. The van der Waals surface area contributed by atoms with Crippen molar-refractivity contribution in [3.8, 4) is 0 Å². The molecule has 1 N–H and O–H groups in total. The minimum absolute atomic E-state index is 0.216. The van der Waals surface area contributed by atoms with Gasteiger partial charge in [0, 0.05) is 12.5 Å². The molecule has 0 fully saturated rings. The molecule has 1 atom stereocenters. The van der Waals surface area contributed by atoms with Crippen molar-refractivity contribution in [1.29, 1.82) is 0 Å². The molecule has 0 saturated heterocycles. The Morgan fingerprint density at radius 3 is 2.73 bits per heavy atom. The third kappa shape index (κ3) is 2.78. The maximum absolute atomic E-state index is 10.9. The molecule has 0 saturated carbocycles. The van der Waals surface area contributed by atoms with Crippen LogP contribution in [0.15, 0.2) is 6.33 Å². The van der Waals surface area contributed by atoms with Gasteiger partial charge in [-0.1, -0.05) is 6.92 Å². The number of rotatable bonds is 5. The fraction of sp³-hybridized carbons (Fsp3) is 0.700. The van der Waals surface area contributed by atoms with Crippen molar-refractivity contribution in [2.75, 3.05) is 0 Å². The smallest absolute Gasteiger partial charge is 0.306 e. The van der Waals surface area contributed by atoms with Crippen LogP contribution in [0.3, 0.4) is 0 Å². The highest BCUT2D eigenvalue weighted by atomic mass is 16.4. The summed E-state index contributed by atoms with van der Waals surface area (Å²) in [6.07, 6.45) is 2.54. The van der Waals surface area contributed by atoms with E-state index in [-0.39, 0.29) is 12.0 Å². The molecular weight excluding hydrogens is 194 g/mol. The SMILES string of the molecule is CCC(Cc1ncnn1C(C)C)C(=O)O. The Hall–Kier alpha value is -1.39. The predicted octanol–water partition coefficient (Wildman–Crippen LogP) is 1.51. The highest BCUT2D eigenvalue weighted by molar-refractivity contribution is 5.70. The number of nitrogens with zero attached hydrogens (tertiary/aromatic N) is 3. The summed E-state index contributed by atoms with van der Waals surface area (Å²) in [6.45, 7) is 5.87. The molecule has 0 aliphatic rings. The molecule has 1 aromatic rings. The van der Waals surface area contributed by atoms with Crippen LogP contribution in [0, 0.1) is 5.92 Å². The molecule has 0 aliphatic carbocycles. The van der Waals surface area contributed by atoms with E-state index in [1.807, 2.05) is 20.8 Å². The monoisotopic (exact) mass is 211 g/mol. The summed E-state index contributed by atoms with van der Waals surface area (Å²) in [5, 5.41) is 13.0. The fourth-order valence-electron chi connectivity index (χ4n) is 1.48. The molecule has 5 heteroatoms. The first kappa shape index (κ1) is 11.7. The Morgan fingerprint density at radius 2 is 2.27 bits per heavy atom. The van der Waals surface area contributed by atoms with Gasteiger partial charge in [0.25, 0.3) is 0 Å². The van der Waals surface area contributed by atoms with E-state index in [9.17, 15) is 4.79 Å². The number of carboxylic acids is 1. The Morgan fingerprint density at radius 1 is 1.60 bits per heavy atom. The highest BCUT2D eigenvalue weighted by Gasteiger charge is 2.19. The second kappa shape index (κ2) is 4.91. The van der Waals surface area contributed by atoms with E-state index in [4.69, 9.17) is 5.11 Å². The lowest BCUT2D eigenvalue weighted by molar-refractivity contribution is -0.141. The number of hydrogen-bond donors (Lipinski definition) is 1. The van der Waals surface area contributed by atoms with Gasteiger partial charge in [-0.2, -0.15) is 5.10 Å². The zero-order valence-electron chi connectivity index (χ0n) is 9.34. The van der Waals surface area contributed by atoms with Gasteiger partial charge >= 0.3 is 5.97 Å². The molecule has 5 nitrogen and oxygen atoms in total. The van der Waals surface area contributed by atoms with Crippen LogP contribution in [-0.2, 0) is 11.2 Å². The highest BCUT2D eigenvalue weighted by Crippen LogP contribution is 2.13. The first-order valence-corrected chi connectivity index (χ1v) is 5.17. The van der Waals surface area contributed by atoms with E-state index in [1.165, 1.54) is 6.33 Å². The molecule has 0 spiro atoms. The second-order valence-corrected chi connectivity index (χ2v) is 3.86. The van der Waals surface area contributed by atoms with Crippen molar-refractivity contribution in [3.63, 3.8) is 0 Å². The summed E-state index contributed by atoms with van der Waals surface area (Å²) in [6, 6.07) is 0.216. The second-order valence-electron chi connectivity index (χ2n) is 3.86. The van der Waals surface area contributed by atoms with Crippen LogP contribution < -0.4 is 0 Å². The first-order valence-electron chi connectivity index (χ1n) is 5.17. The Balaban J connectivity index is 2.79. The summed E-state index contributed by atoms with van der Waals surface area (Å²) in [7, 11) is 0. The van der Waals surface area contributed by atoms with Gasteiger partial charge in [0.2, 0.25) is 0 Å². The number of aliphatic carboxylic acids is 1. The number of carboxylic acid groups (broad SMARTS) is 1. The van der Waals surface area contributed by atoms with Crippen LogP contribution in [0.1, 0.15) is 39.1 Å². The van der Waals surface area contributed by atoms with Gasteiger partial charge in [-0.15, -0.1) is 0 Å². The summed E-state index contributed by atoms with van der Waals surface area (Å²) in [5.74, 6) is -0.387. The topological polar surface area (TPSA) is 68.0 Å². The molecule has 0 aliphatic heterocycles. The fourth-order valence-corrected chi connectivity index (χ4v) is 1.48. The molecule has 1 unspecified atom stereocenters. The number of carbonyl (C=O) groups is 1. The maximum Gasteiger partial charge on any atom is 0.306 e. The van der Waals surface area contributed by atoms with Crippen LogP contribution in [-0.4, -0.2) is 25.8 Å². The molecule has 15 heavy (non-hydrogen) atoms. The van der Waals surface area contributed by atoms with Crippen LogP contribution in [0.5, 0.6) is 0 Å². The van der Waals surface area contributed by atoms with Crippen molar-refractivity contribution in [2.45, 2.75) is 39.7 Å². The maximum atomic E-state index is 10.9. The van der Waals surface area contributed by atoms with Crippen molar-refractivity contribution in [3.05, 3.63) is 12.2 Å². The lowest BCUT2D eigenvalue weighted by Gasteiger charge is -2.12. The third-order valence-corrected chi connectivity index (χ3v) is 2.41. The first-order chi connectivity index (χ1) is 7.06. The van der Waals surface area contributed by atoms with Gasteiger partial charge in [-0.05, 0) is 20.3 Å². The van der Waals surface area contributed by atoms with E-state index in [1.54, 1.807) is 4.68 Å². The number of hydrogen-bond acceptors (Lipinski definition) is 3. The van der Waals surface area contributed by atoms with E-state index in [0.29, 0.717) is 12.8 Å². The van der Waals surface area contributed by atoms with Gasteiger partial charge in [-0.25, -0.2) is 9.67 Å². The summed E-state index contributed by atoms with van der Waals surface area (Å²) < 4.78 is 1.77. The lowest BCUT2D eigenvalue weighted by atomic mass is 10.0. The lowest BCUT2D eigenvalue weighted by Crippen LogP contribution is -2.19. The van der Waals surface area contributed by atoms with Crippen LogP contribution in [0.25, 0.3) is 0 Å². The molecule has 84 valence electrons. The van der Waals surface area contributed by atoms with Crippen molar-refractivity contribution < 1.29 is 9.90 Å². The Kier molecular flexibility index (Phi) is 3.82. The van der Waals surface area contributed by atoms with Gasteiger partial charge in [0.15, 0.2) is 0 Å².